The molecule has 8 heteroatoms. The average Bonchev–Trinajstić information content (AvgIpc) is 2.28. The molecular formula is C12H13Cl2NO4S. The van der Waals surface area contributed by atoms with Crippen LogP contribution in [0.3, 0.4) is 0 Å². The third kappa shape index (κ3) is 2.93. The standard InChI is InChI=1S/C12H13Cl2NO4S/c1-12(3-2-4-12)15-20(18,19)9-6-7(13)5-8(10(9)14)11(16)17/h5-6,15H,2-4H2,1H3,(H,16,17). The number of aromatic carboxylic acids is 1. The van der Waals surface area contributed by atoms with Crippen molar-refractivity contribution in [3.8, 4) is 0 Å². The van der Waals surface area contributed by atoms with Gasteiger partial charge in [-0.05, 0) is 38.3 Å². The van der Waals surface area contributed by atoms with Crippen molar-refractivity contribution in [2.45, 2.75) is 36.6 Å². The Labute approximate surface area is 126 Å². The van der Waals surface area contributed by atoms with Gasteiger partial charge in [-0.3, -0.25) is 0 Å². The average molecular weight is 338 g/mol. The summed E-state index contributed by atoms with van der Waals surface area (Å²) in [5.41, 5.74) is -0.841. The summed E-state index contributed by atoms with van der Waals surface area (Å²) < 4.78 is 27.2. The predicted octanol–water partition coefficient (Wildman–Crippen LogP) is 2.91. The minimum absolute atomic E-state index is 0.00550. The molecule has 2 N–H and O–H groups in total. The maximum Gasteiger partial charge on any atom is 0.337 e. The first kappa shape index (κ1) is 15.6. The van der Waals surface area contributed by atoms with E-state index in [4.69, 9.17) is 28.3 Å². The van der Waals surface area contributed by atoms with Gasteiger partial charge in [-0.25, -0.2) is 17.9 Å². The van der Waals surface area contributed by atoms with E-state index < -0.39 is 21.5 Å². The van der Waals surface area contributed by atoms with E-state index in [-0.39, 0.29) is 20.5 Å². The van der Waals surface area contributed by atoms with Gasteiger partial charge >= 0.3 is 5.97 Å². The Morgan fingerprint density at radius 2 is 1.95 bits per heavy atom. The third-order valence-corrected chi connectivity index (χ3v) is 5.76. The van der Waals surface area contributed by atoms with Crippen LogP contribution in [0, 0.1) is 0 Å². The number of nitrogens with one attached hydrogen (secondary N) is 1. The molecule has 0 aliphatic heterocycles. The normalized spacial score (nSPS) is 17.6. The molecule has 0 bridgehead atoms. The van der Waals surface area contributed by atoms with Crippen molar-refractivity contribution in [3.63, 3.8) is 0 Å². The van der Waals surface area contributed by atoms with Gasteiger partial charge < -0.3 is 5.11 Å². The second-order valence-corrected chi connectivity index (χ2v) is 7.56. The molecular weight excluding hydrogens is 325 g/mol. The van der Waals surface area contributed by atoms with Crippen molar-refractivity contribution in [3.05, 3.63) is 27.7 Å². The molecule has 0 saturated heterocycles. The van der Waals surface area contributed by atoms with E-state index in [1.807, 2.05) is 0 Å². The fraction of sp³-hybridized carbons (Fsp3) is 0.417. The quantitative estimate of drug-likeness (QED) is 0.884. The lowest BCUT2D eigenvalue weighted by Crippen LogP contribution is -2.50. The zero-order chi connectivity index (χ0) is 15.1. The molecule has 1 saturated carbocycles. The number of halogens is 2. The predicted molar refractivity (Wildman–Crippen MR) is 76.0 cm³/mol. The SMILES string of the molecule is CC1(NS(=O)(=O)c2cc(Cl)cc(C(=O)O)c2Cl)CCC1. The molecule has 1 aliphatic rings. The first-order chi connectivity index (χ1) is 9.15. The highest BCUT2D eigenvalue weighted by Gasteiger charge is 2.37. The van der Waals surface area contributed by atoms with Crippen molar-refractivity contribution in [1.82, 2.24) is 4.72 Å². The number of carbonyl (C=O) groups is 1. The van der Waals surface area contributed by atoms with Gasteiger partial charge in [-0.15, -0.1) is 0 Å². The van der Waals surface area contributed by atoms with E-state index in [9.17, 15) is 13.2 Å². The Hall–Kier alpha value is -0.820. The molecule has 1 fully saturated rings. The van der Waals surface area contributed by atoms with E-state index in [1.54, 1.807) is 6.92 Å². The zero-order valence-corrected chi connectivity index (χ0v) is 12.9. The van der Waals surface area contributed by atoms with Crippen molar-refractivity contribution < 1.29 is 18.3 Å². The van der Waals surface area contributed by atoms with Crippen LogP contribution in [0.4, 0.5) is 0 Å². The van der Waals surface area contributed by atoms with Gasteiger partial charge in [0.25, 0.3) is 0 Å². The second kappa shape index (κ2) is 5.18. The molecule has 0 atom stereocenters. The first-order valence-corrected chi connectivity index (χ1v) is 8.15. The summed E-state index contributed by atoms with van der Waals surface area (Å²) in [6, 6.07) is 2.27. The molecule has 2 rings (SSSR count). The first-order valence-electron chi connectivity index (χ1n) is 5.91. The highest BCUT2D eigenvalue weighted by atomic mass is 35.5. The van der Waals surface area contributed by atoms with E-state index >= 15 is 0 Å². The number of hydrogen-bond acceptors (Lipinski definition) is 3. The monoisotopic (exact) mass is 337 g/mol. The minimum atomic E-state index is -3.92. The maximum absolute atomic E-state index is 12.3. The summed E-state index contributed by atoms with van der Waals surface area (Å²) >= 11 is 11.7. The zero-order valence-electron chi connectivity index (χ0n) is 10.6. The van der Waals surface area contributed by atoms with Crippen LogP contribution >= 0.6 is 23.2 Å². The fourth-order valence-corrected chi connectivity index (χ4v) is 4.47. The van der Waals surface area contributed by atoms with Gasteiger partial charge in [0, 0.05) is 10.6 Å². The molecule has 0 aromatic heterocycles. The molecule has 1 aromatic carbocycles. The van der Waals surface area contributed by atoms with Crippen LogP contribution in [0.25, 0.3) is 0 Å². The number of rotatable bonds is 4. The summed E-state index contributed by atoms with van der Waals surface area (Å²) in [7, 11) is -3.92. The summed E-state index contributed by atoms with van der Waals surface area (Å²) in [5.74, 6) is -1.33. The van der Waals surface area contributed by atoms with Crippen LogP contribution in [0.5, 0.6) is 0 Å². The summed E-state index contributed by atoms with van der Waals surface area (Å²) in [5, 5.41) is 8.68. The Morgan fingerprint density at radius 3 is 2.40 bits per heavy atom. The molecule has 110 valence electrons. The van der Waals surface area contributed by atoms with E-state index in [0.717, 1.165) is 31.4 Å². The lowest BCUT2D eigenvalue weighted by atomic mass is 9.80. The summed E-state index contributed by atoms with van der Waals surface area (Å²) in [6.45, 7) is 1.80. The van der Waals surface area contributed by atoms with Gasteiger partial charge in [-0.2, -0.15) is 0 Å². The molecule has 1 aliphatic carbocycles. The van der Waals surface area contributed by atoms with Crippen LogP contribution in [-0.4, -0.2) is 25.0 Å². The van der Waals surface area contributed by atoms with Crippen LogP contribution in [-0.2, 0) is 10.0 Å². The number of carboxylic acids is 1. The van der Waals surface area contributed by atoms with Crippen LogP contribution in [0.15, 0.2) is 17.0 Å². The lowest BCUT2D eigenvalue weighted by molar-refractivity contribution is 0.0697. The molecule has 0 spiro atoms. The third-order valence-electron chi connectivity index (χ3n) is 3.36. The van der Waals surface area contributed by atoms with E-state index in [2.05, 4.69) is 4.72 Å². The summed E-state index contributed by atoms with van der Waals surface area (Å²) in [4.78, 5) is 10.7. The van der Waals surface area contributed by atoms with Crippen molar-refractivity contribution in [2.75, 3.05) is 0 Å². The molecule has 0 amide bonds. The number of carboxylic acid groups (broad SMARTS) is 1. The van der Waals surface area contributed by atoms with Crippen LogP contribution in [0.1, 0.15) is 36.5 Å². The van der Waals surface area contributed by atoms with E-state index in [0.29, 0.717) is 0 Å². The highest BCUT2D eigenvalue weighted by molar-refractivity contribution is 7.89. The minimum Gasteiger partial charge on any atom is -0.478 e. The summed E-state index contributed by atoms with van der Waals surface area (Å²) in [6.07, 6.45) is 2.41. The lowest BCUT2D eigenvalue weighted by Gasteiger charge is -2.38. The highest BCUT2D eigenvalue weighted by Crippen LogP contribution is 2.35. The van der Waals surface area contributed by atoms with E-state index in [1.165, 1.54) is 0 Å². The van der Waals surface area contributed by atoms with Crippen molar-refractivity contribution in [2.24, 2.45) is 0 Å². The molecule has 1 aromatic rings. The van der Waals surface area contributed by atoms with Crippen LogP contribution in [0.2, 0.25) is 10.0 Å². The Bertz CT molecular complexity index is 668. The van der Waals surface area contributed by atoms with Crippen LogP contribution < -0.4 is 4.72 Å². The molecule has 0 heterocycles. The molecule has 0 radical (unpaired) electrons. The Morgan fingerprint density at radius 1 is 1.35 bits per heavy atom. The molecule has 20 heavy (non-hydrogen) atoms. The topological polar surface area (TPSA) is 83.5 Å². The largest absolute Gasteiger partial charge is 0.478 e. The fourth-order valence-electron chi connectivity index (χ4n) is 2.10. The van der Waals surface area contributed by atoms with Gasteiger partial charge in [0.2, 0.25) is 10.0 Å². The van der Waals surface area contributed by atoms with Gasteiger partial charge in [-0.1, -0.05) is 23.2 Å². The molecule has 0 unspecified atom stereocenters. The molecule has 5 nitrogen and oxygen atoms in total. The maximum atomic E-state index is 12.3. The van der Waals surface area contributed by atoms with Gasteiger partial charge in [0.15, 0.2) is 0 Å². The van der Waals surface area contributed by atoms with Crippen molar-refractivity contribution >= 4 is 39.2 Å². The van der Waals surface area contributed by atoms with Crippen molar-refractivity contribution in [1.29, 1.82) is 0 Å². The number of sulfonamides is 1. The smallest absolute Gasteiger partial charge is 0.337 e. The Kier molecular flexibility index (Phi) is 4.03. The number of hydrogen-bond donors (Lipinski definition) is 2. The van der Waals surface area contributed by atoms with Gasteiger partial charge in [0.05, 0.1) is 10.6 Å². The second-order valence-electron chi connectivity index (χ2n) is 5.09. The number of benzene rings is 1. The van der Waals surface area contributed by atoms with Gasteiger partial charge in [0.1, 0.15) is 4.90 Å². The Balaban J connectivity index is 2.48.